The zero-order chi connectivity index (χ0) is 54.8. The van der Waals surface area contributed by atoms with Gasteiger partial charge in [0.05, 0.1) is 59.9 Å². The molecule has 16 heteroatoms. The van der Waals surface area contributed by atoms with E-state index in [4.69, 9.17) is 9.47 Å². The number of thioether (sulfide) groups is 1. The number of benzene rings is 1. The molecule has 12 atom stereocenters. The minimum atomic E-state index is -0.942. The second-order valence-corrected chi connectivity index (χ2v) is 24.0. The molecular formula is C58H95N5O10S. The summed E-state index contributed by atoms with van der Waals surface area (Å²) < 4.78 is 12.1. The van der Waals surface area contributed by atoms with Crippen LogP contribution in [0.5, 0.6) is 0 Å². The standard InChI is InChI=1S/C58H95N5O10S/c1-13-38(6)52(46(72-11)35-49(66)63-33-25-31-44(63)55(73-12)39(7)56(69)59-40(8)53(67)41-26-19-17-20-27-41)62(10)58(71)50(36(2)3)60-57(70)51(37(4)5)61(9)48(65)32-24-18-23-30-43-45(64)34-47(54(43)68)74-42-28-21-15-14-16-22-29-42/h17,19-20,26-27,36-40,42-44,46-47,50-53,55,67H,13-16,18,21-25,28-35H2,1-12H3,(H,59,69)(H,60,70)/t38-,39+,40+,43?,44-,46+,47?,50-,51?,52-,53+,55+/m0/s1. The Morgan fingerprint density at radius 2 is 1.45 bits per heavy atom. The number of likely N-dealkylation sites (N-methyl/N-ethyl adjacent to an activating group) is 2. The fourth-order valence-corrected chi connectivity index (χ4v) is 13.4. The van der Waals surface area contributed by atoms with Gasteiger partial charge in [-0.15, -0.1) is 11.8 Å². The Morgan fingerprint density at radius 1 is 0.797 bits per heavy atom. The maximum atomic E-state index is 14.7. The number of ketones is 2. The van der Waals surface area contributed by atoms with Crippen molar-refractivity contribution < 1.29 is 48.1 Å². The zero-order valence-electron chi connectivity index (χ0n) is 47.1. The summed E-state index contributed by atoms with van der Waals surface area (Å²) in [5.74, 6) is -3.18. The molecule has 0 aromatic heterocycles. The highest BCUT2D eigenvalue weighted by Gasteiger charge is 2.45. The Kier molecular flexibility index (Phi) is 26.1. The third kappa shape index (κ3) is 17.1. The monoisotopic (exact) mass is 1050 g/mol. The number of hydrogen-bond donors (Lipinski definition) is 3. The molecule has 4 rings (SSSR count). The molecule has 0 radical (unpaired) electrons. The summed E-state index contributed by atoms with van der Waals surface area (Å²) in [6.45, 7) is 15.5. The number of likely N-dealkylation sites (tertiary alicyclic amines) is 1. The van der Waals surface area contributed by atoms with Crippen LogP contribution in [0.2, 0.25) is 0 Å². The fourth-order valence-electron chi connectivity index (χ4n) is 11.7. The number of amides is 5. The summed E-state index contributed by atoms with van der Waals surface area (Å²) >= 11 is 1.74. The van der Waals surface area contributed by atoms with Crippen molar-refractivity contribution in [2.24, 2.45) is 29.6 Å². The molecule has 3 fully saturated rings. The number of carbonyl (C=O) groups is 7. The quantitative estimate of drug-likeness (QED) is 0.0543. The average Bonchev–Trinajstić information content (AvgIpc) is 3.95. The normalized spacial score (nSPS) is 22.5. The van der Waals surface area contributed by atoms with Crippen LogP contribution in [0.25, 0.3) is 0 Å². The lowest BCUT2D eigenvalue weighted by molar-refractivity contribution is -0.148. The number of unbranched alkanes of at least 4 members (excludes halogenated alkanes) is 2. The molecule has 418 valence electrons. The van der Waals surface area contributed by atoms with E-state index >= 15 is 0 Å². The van der Waals surface area contributed by atoms with Crippen molar-refractivity contribution in [3.63, 3.8) is 0 Å². The van der Waals surface area contributed by atoms with Crippen molar-refractivity contribution in [3.8, 4) is 0 Å². The Hall–Kier alpha value is -3.86. The first-order chi connectivity index (χ1) is 35.2. The summed E-state index contributed by atoms with van der Waals surface area (Å²) in [4.78, 5) is 102. The zero-order valence-corrected chi connectivity index (χ0v) is 48.0. The van der Waals surface area contributed by atoms with E-state index < -0.39 is 60.2 Å². The molecule has 74 heavy (non-hydrogen) atoms. The summed E-state index contributed by atoms with van der Waals surface area (Å²) in [5.41, 5.74) is 0.692. The second kappa shape index (κ2) is 30.8. The van der Waals surface area contributed by atoms with Crippen molar-refractivity contribution in [1.29, 1.82) is 0 Å². The largest absolute Gasteiger partial charge is 0.386 e. The van der Waals surface area contributed by atoms with Gasteiger partial charge in [-0.1, -0.05) is 130 Å². The van der Waals surface area contributed by atoms with E-state index in [1.807, 2.05) is 71.9 Å². The van der Waals surface area contributed by atoms with Gasteiger partial charge in [0.25, 0.3) is 0 Å². The highest BCUT2D eigenvalue weighted by molar-refractivity contribution is 8.01. The molecule has 0 spiro atoms. The van der Waals surface area contributed by atoms with E-state index in [2.05, 4.69) is 10.6 Å². The van der Waals surface area contributed by atoms with Gasteiger partial charge in [-0.2, -0.15) is 0 Å². The number of ether oxygens (including phenoxy) is 2. The van der Waals surface area contributed by atoms with Crippen LogP contribution < -0.4 is 10.6 Å². The predicted molar refractivity (Wildman–Crippen MR) is 292 cm³/mol. The minimum absolute atomic E-state index is 0.0329. The number of nitrogens with one attached hydrogen (secondary N) is 2. The van der Waals surface area contributed by atoms with Crippen LogP contribution in [0, 0.1) is 29.6 Å². The van der Waals surface area contributed by atoms with E-state index in [1.165, 1.54) is 44.1 Å². The topological polar surface area (TPSA) is 192 Å². The molecule has 1 saturated heterocycles. The lowest BCUT2D eigenvalue weighted by Gasteiger charge is -2.41. The second-order valence-electron chi connectivity index (χ2n) is 22.5. The van der Waals surface area contributed by atoms with Crippen LogP contribution >= 0.6 is 11.8 Å². The third-order valence-corrected chi connectivity index (χ3v) is 18.0. The molecule has 2 aliphatic carbocycles. The van der Waals surface area contributed by atoms with E-state index in [9.17, 15) is 38.7 Å². The highest BCUT2D eigenvalue weighted by Crippen LogP contribution is 2.38. The molecule has 0 bridgehead atoms. The molecule has 2 saturated carbocycles. The van der Waals surface area contributed by atoms with Crippen LogP contribution in [0.3, 0.4) is 0 Å². The smallest absolute Gasteiger partial charge is 0.245 e. The van der Waals surface area contributed by atoms with Crippen LogP contribution in [0.15, 0.2) is 30.3 Å². The molecular weight excluding hydrogens is 959 g/mol. The van der Waals surface area contributed by atoms with Crippen molar-refractivity contribution >= 4 is 52.9 Å². The van der Waals surface area contributed by atoms with Crippen molar-refractivity contribution in [3.05, 3.63) is 35.9 Å². The number of rotatable bonds is 28. The number of nitrogens with zero attached hydrogens (tertiary/aromatic N) is 3. The number of hydrogen-bond acceptors (Lipinski definition) is 11. The first-order valence-electron chi connectivity index (χ1n) is 28.1. The number of Topliss-reactive ketones (excluding diaryl/α,β-unsaturated/α-hetero) is 2. The molecule has 1 heterocycles. The molecule has 1 aromatic carbocycles. The number of carbonyl (C=O) groups excluding carboxylic acids is 7. The molecule has 15 nitrogen and oxygen atoms in total. The Labute approximate surface area is 448 Å². The maximum Gasteiger partial charge on any atom is 0.245 e. The Morgan fingerprint density at radius 3 is 2.04 bits per heavy atom. The van der Waals surface area contributed by atoms with Gasteiger partial charge in [-0.05, 0) is 68.8 Å². The van der Waals surface area contributed by atoms with Gasteiger partial charge in [0.1, 0.15) is 17.9 Å². The van der Waals surface area contributed by atoms with Gasteiger partial charge in [-0.25, -0.2) is 0 Å². The fraction of sp³-hybridized carbons (Fsp3) is 0.776. The summed E-state index contributed by atoms with van der Waals surface area (Å²) in [6, 6.07) is 5.85. The van der Waals surface area contributed by atoms with Gasteiger partial charge in [0.15, 0.2) is 5.78 Å². The van der Waals surface area contributed by atoms with Gasteiger partial charge < -0.3 is 39.9 Å². The molecule has 1 aromatic rings. The predicted octanol–water partition coefficient (Wildman–Crippen LogP) is 8.09. The van der Waals surface area contributed by atoms with E-state index in [-0.39, 0.29) is 77.1 Å². The van der Waals surface area contributed by atoms with Gasteiger partial charge >= 0.3 is 0 Å². The van der Waals surface area contributed by atoms with Crippen molar-refractivity contribution in [1.82, 2.24) is 25.3 Å². The summed E-state index contributed by atoms with van der Waals surface area (Å²) in [6.07, 6.45) is 11.1. The lowest BCUT2D eigenvalue weighted by atomic mass is 9.89. The Balaban J connectivity index is 1.35. The van der Waals surface area contributed by atoms with Gasteiger partial charge in [-0.3, -0.25) is 33.6 Å². The number of aliphatic hydroxyl groups is 1. The van der Waals surface area contributed by atoms with E-state index in [1.54, 1.807) is 56.6 Å². The van der Waals surface area contributed by atoms with E-state index in [0.717, 1.165) is 19.3 Å². The lowest BCUT2D eigenvalue weighted by Crippen LogP contribution is -2.60. The average molecular weight is 1050 g/mol. The van der Waals surface area contributed by atoms with Crippen molar-refractivity contribution in [2.75, 3.05) is 34.9 Å². The summed E-state index contributed by atoms with van der Waals surface area (Å²) in [7, 11) is 6.40. The van der Waals surface area contributed by atoms with Crippen LogP contribution in [-0.4, -0.2) is 149 Å². The molecule has 3 unspecified atom stereocenters. The molecule has 3 aliphatic rings. The molecule has 5 amide bonds. The maximum absolute atomic E-state index is 14.7. The highest BCUT2D eigenvalue weighted by atomic mass is 32.2. The van der Waals surface area contributed by atoms with Crippen LogP contribution in [0.1, 0.15) is 176 Å². The summed E-state index contributed by atoms with van der Waals surface area (Å²) in [5, 5.41) is 17.1. The van der Waals surface area contributed by atoms with Crippen molar-refractivity contribution in [2.45, 2.75) is 224 Å². The molecule has 3 N–H and O–H groups in total. The van der Waals surface area contributed by atoms with Crippen LogP contribution in [0.4, 0.5) is 0 Å². The third-order valence-electron chi connectivity index (χ3n) is 16.4. The first kappa shape index (κ1) is 62.7. The first-order valence-corrected chi connectivity index (χ1v) is 29.1. The van der Waals surface area contributed by atoms with Crippen LogP contribution in [-0.2, 0) is 43.0 Å². The van der Waals surface area contributed by atoms with E-state index in [0.29, 0.717) is 62.3 Å². The Bertz CT molecular complexity index is 1960. The van der Waals surface area contributed by atoms with Gasteiger partial charge in [0, 0.05) is 53.0 Å². The van der Waals surface area contributed by atoms with Gasteiger partial charge in [0.2, 0.25) is 29.5 Å². The number of methoxy groups -OCH3 is 2. The SMILES string of the molecule is CC[C@H](C)[C@@H]([C@@H](CC(=O)N1CCC[C@H]1[C@H](OC)[C@@H](C)C(=O)N[C@H](C)[C@@H](O)c1ccccc1)OC)N(C)C(=O)[C@@H](NC(=O)C(C(C)C)N(C)C(=O)CCCCCC1C(=O)CC(SC2CCCCCCC2)C1=O)C(C)C. The molecule has 1 aliphatic heterocycles. The minimum Gasteiger partial charge on any atom is -0.386 e. The number of aliphatic hydroxyl groups excluding tert-OH is 1.